The molecule has 58 valence electrons. The molecule has 1 atom stereocenters. The molecule has 10 heavy (non-hydrogen) atoms. The lowest BCUT2D eigenvalue weighted by molar-refractivity contribution is -0.128. The molecule has 0 aromatic heterocycles. The summed E-state index contributed by atoms with van der Waals surface area (Å²) in [6.07, 6.45) is 0. The van der Waals surface area contributed by atoms with E-state index in [4.69, 9.17) is 0 Å². The molecular weight excluding hydrogens is 150 g/mol. The van der Waals surface area contributed by atoms with Gasteiger partial charge < -0.3 is 4.90 Å². The minimum absolute atomic E-state index is 0.0343. The van der Waals surface area contributed by atoms with E-state index in [9.17, 15) is 9.00 Å². The average molecular weight is 161 g/mol. The maximum absolute atomic E-state index is 11.0. The average Bonchev–Trinajstić information content (AvgIpc) is 1.88. The molecule has 0 saturated carbocycles. The zero-order valence-electron chi connectivity index (χ0n) is 6.00. The van der Waals surface area contributed by atoms with Gasteiger partial charge >= 0.3 is 0 Å². The van der Waals surface area contributed by atoms with E-state index in [1.54, 1.807) is 4.90 Å². The van der Waals surface area contributed by atoms with Gasteiger partial charge in [-0.2, -0.15) is 0 Å². The Morgan fingerprint density at radius 2 is 2.40 bits per heavy atom. The van der Waals surface area contributed by atoms with Gasteiger partial charge in [-0.15, -0.1) is 0 Å². The molecule has 0 aromatic carbocycles. The van der Waals surface area contributed by atoms with Crippen LogP contribution in [0.3, 0.4) is 0 Å². The van der Waals surface area contributed by atoms with Crippen molar-refractivity contribution in [1.29, 1.82) is 0 Å². The Balaban J connectivity index is 2.51. The first kappa shape index (κ1) is 7.72. The summed E-state index contributed by atoms with van der Waals surface area (Å²) in [4.78, 5) is 12.7. The molecule has 3 nitrogen and oxygen atoms in total. The molecule has 0 spiro atoms. The van der Waals surface area contributed by atoms with E-state index in [0.29, 0.717) is 12.3 Å². The molecule has 1 saturated heterocycles. The summed E-state index contributed by atoms with van der Waals surface area (Å²) in [6, 6.07) is 0. The molecule has 1 rings (SSSR count). The predicted molar refractivity (Wildman–Crippen MR) is 40.1 cm³/mol. The van der Waals surface area contributed by atoms with Crippen molar-refractivity contribution in [2.75, 3.05) is 24.6 Å². The second-order valence-electron chi connectivity index (χ2n) is 2.26. The summed E-state index contributed by atoms with van der Waals surface area (Å²) in [5, 5.41) is 0. The maximum atomic E-state index is 11.0. The Bertz CT molecular complexity index is 169. The number of carbonyl (C=O) groups excluding carboxylic acids is 1. The van der Waals surface area contributed by atoms with Crippen molar-refractivity contribution < 1.29 is 9.00 Å². The van der Waals surface area contributed by atoms with Crippen LogP contribution in [0.4, 0.5) is 0 Å². The molecule has 1 amide bonds. The van der Waals surface area contributed by atoms with E-state index < -0.39 is 10.8 Å². The largest absolute Gasteiger partial charge is 0.341 e. The number of carbonyl (C=O) groups is 1. The van der Waals surface area contributed by atoms with Crippen LogP contribution in [0, 0.1) is 0 Å². The van der Waals surface area contributed by atoms with Crippen molar-refractivity contribution in [3.63, 3.8) is 0 Å². The second-order valence-corrected chi connectivity index (χ2v) is 3.84. The number of rotatable bonds is 1. The zero-order chi connectivity index (χ0) is 7.56. The Kier molecular flexibility index (Phi) is 2.43. The van der Waals surface area contributed by atoms with Crippen LogP contribution in [0.1, 0.15) is 6.92 Å². The van der Waals surface area contributed by atoms with Crippen molar-refractivity contribution in [1.82, 2.24) is 4.90 Å². The van der Waals surface area contributed by atoms with Crippen molar-refractivity contribution in [2.24, 2.45) is 0 Å². The van der Waals surface area contributed by atoms with Crippen LogP contribution in [0.15, 0.2) is 0 Å². The smallest absolute Gasteiger partial charge is 0.235 e. The third-order valence-corrected chi connectivity index (χ3v) is 2.81. The number of nitrogens with zero attached hydrogens (tertiary/aromatic N) is 1. The lowest BCUT2D eigenvalue weighted by Crippen LogP contribution is -2.42. The Labute approximate surface area is 62.9 Å². The van der Waals surface area contributed by atoms with E-state index in [-0.39, 0.29) is 11.7 Å². The topological polar surface area (TPSA) is 37.4 Å². The monoisotopic (exact) mass is 161 g/mol. The highest BCUT2D eigenvalue weighted by Crippen LogP contribution is 2.00. The van der Waals surface area contributed by atoms with E-state index >= 15 is 0 Å². The molecule has 4 heteroatoms. The zero-order valence-corrected chi connectivity index (χ0v) is 6.82. The molecule has 1 fully saturated rings. The van der Waals surface area contributed by atoms with Gasteiger partial charge in [0, 0.05) is 29.6 Å². The van der Waals surface area contributed by atoms with Gasteiger partial charge in [0.25, 0.3) is 0 Å². The number of hydrogen-bond acceptors (Lipinski definition) is 2. The quantitative estimate of drug-likeness (QED) is 0.524. The number of hydrogen-bond donors (Lipinski definition) is 0. The molecule has 0 N–H and O–H groups in total. The molecule has 1 heterocycles. The fraction of sp³-hybridized carbons (Fsp3) is 0.833. The second kappa shape index (κ2) is 3.14. The first-order valence-electron chi connectivity index (χ1n) is 3.36. The highest BCUT2D eigenvalue weighted by atomic mass is 32.2. The Hall–Kier alpha value is -0.380. The lowest BCUT2D eigenvalue weighted by Gasteiger charge is -2.24. The fourth-order valence-corrected chi connectivity index (χ4v) is 2.00. The van der Waals surface area contributed by atoms with Crippen LogP contribution in [0.5, 0.6) is 0 Å². The molecule has 0 aromatic rings. The summed E-state index contributed by atoms with van der Waals surface area (Å²) in [5.74, 6) is 0.917. The van der Waals surface area contributed by atoms with Gasteiger partial charge in [-0.05, 0) is 6.92 Å². The van der Waals surface area contributed by atoms with Gasteiger partial charge in [0.05, 0.1) is 0 Å². The molecule has 0 bridgehead atoms. The molecule has 0 aliphatic carbocycles. The molecule has 1 aliphatic rings. The van der Waals surface area contributed by atoms with Gasteiger partial charge in [0.2, 0.25) is 5.91 Å². The summed E-state index contributed by atoms with van der Waals surface area (Å²) in [6.45, 7) is 3.35. The van der Waals surface area contributed by atoms with Crippen molar-refractivity contribution in [3.8, 4) is 0 Å². The maximum Gasteiger partial charge on any atom is 0.235 e. The normalized spacial score (nSPS) is 27.1. The van der Waals surface area contributed by atoms with Crippen LogP contribution >= 0.6 is 0 Å². The first-order valence-corrected chi connectivity index (χ1v) is 4.85. The third kappa shape index (κ3) is 1.56. The van der Waals surface area contributed by atoms with Gasteiger partial charge in [0.15, 0.2) is 0 Å². The highest BCUT2D eigenvalue weighted by Gasteiger charge is 2.20. The van der Waals surface area contributed by atoms with Gasteiger partial charge in [-0.1, -0.05) is 0 Å². The van der Waals surface area contributed by atoms with E-state index in [2.05, 4.69) is 0 Å². The van der Waals surface area contributed by atoms with Crippen LogP contribution in [-0.2, 0) is 15.6 Å². The van der Waals surface area contributed by atoms with Crippen molar-refractivity contribution >= 4 is 16.7 Å². The SMILES string of the molecule is CCN1CCS(=O)CC1=O. The Morgan fingerprint density at radius 1 is 1.70 bits per heavy atom. The number of amides is 1. The summed E-state index contributed by atoms with van der Waals surface area (Å²) < 4.78 is 10.8. The van der Waals surface area contributed by atoms with E-state index in [1.165, 1.54) is 0 Å². The predicted octanol–water partition coefficient (Wildman–Crippen LogP) is -0.403. The first-order chi connectivity index (χ1) is 4.74. The van der Waals surface area contributed by atoms with Crippen molar-refractivity contribution in [3.05, 3.63) is 0 Å². The standard InChI is InChI=1S/C6H11NO2S/c1-2-7-3-4-10(9)5-6(7)8/h2-5H2,1H3. The fourth-order valence-electron chi connectivity index (χ4n) is 0.972. The van der Waals surface area contributed by atoms with Crippen LogP contribution in [-0.4, -0.2) is 39.6 Å². The highest BCUT2D eigenvalue weighted by molar-refractivity contribution is 7.85. The Morgan fingerprint density at radius 3 is 2.90 bits per heavy atom. The van der Waals surface area contributed by atoms with Gasteiger partial charge in [-0.3, -0.25) is 9.00 Å². The summed E-state index contributed by atoms with van der Waals surface area (Å²) >= 11 is 0. The summed E-state index contributed by atoms with van der Waals surface area (Å²) in [5.41, 5.74) is 0. The van der Waals surface area contributed by atoms with Gasteiger partial charge in [-0.25, -0.2) is 0 Å². The molecule has 1 unspecified atom stereocenters. The molecule has 1 aliphatic heterocycles. The van der Waals surface area contributed by atoms with Crippen LogP contribution in [0.2, 0.25) is 0 Å². The van der Waals surface area contributed by atoms with Gasteiger partial charge in [0.1, 0.15) is 5.75 Å². The van der Waals surface area contributed by atoms with Crippen LogP contribution < -0.4 is 0 Å². The van der Waals surface area contributed by atoms with E-state index in [1.807, 2.05) is 6.92 Å². The third-order valence-electron chi connectivity index (χ3n) is 1.61. The summed E-state index contributed by atoms with van der Waals surface area (Å²) in [7, 11) is -0.884. The van der Waals surface area contributed by atoms with Crippen molar-refractivity contribution in [2.45, 2.75) is 6.92 Å². The molecular formula is C6H11NO2S. The van der Waals surface area contributed by atoms with E-state index in [0.717, 1.165) is 6.54 Å². The van der Waals surface area contributed by atoms with Crippen LogP contribution in [0.25, 0.3) is 0 Å². The minimum atomic E-state index is -0.884. The molecule has 0 radical (unpaired) electrons. The lowest BCUT2D eigenvalue weighted by atomic mass is 10.5. The minimum Gasteiger partial charge on any atom is -0.341 e.